The predicted octanol–water partition coefficient (Wildman–Crippen LogP) is 3.35. The topological polar surface area (TPSA) is 38.8 Å². The summed E-state index contributed by atoms with van der Waals surface area (Å²) in [5.41, 5.74) is 0.637. The SMILES string of the molecule is COc1cc(C(=O)N(C)C(C)C2CC2)ccc1OC(C)C. The number of ether oxygens (including phenoxy) is 2. The van der Waals surface area contributed by atoms with Crippen LogP contribution in [0.1, 0.15) is 44.0 Å². The molecular formula is C17H25NO3. The first-order valence-corrected chi connectivity index (χ1v) is 7.56. The van der Waals surface area contributed by atoms with Crippen molar-refractivity contribution < 1.29 is 14.3 Å². The Hall–Kier alpha value is -1.71. The molecule has 0 radical (unpaired) electrons. The van der Waals surface area contributed by atoms with Gasteiger partial charge in [-0.3, -0.25) is 4.79 Å². The third-order valence-corrected chi connectivity index (χ3v) is 4.01. The number of carbonyl (C=O) groups excluding carboxylic acids is 1. The third kappa shape index (κ3) is 3.69. The summed E-state index contributed by atoms with van der Waals surface area (Å²) in [6, 6.07) is 5.66. The highest BCUT2D eigenvalue weighted by molar-refractivity contribution is 5.95. The number of rotatable bonds is 6. The molecular weight excluding hydrogens is 266 g/mol. The van der Waals surface area contributed by atoms with E-state index in [1.165, 1.54) is 12.8 Å². The highest BCUT2D eigenvalue weighted by Crippen LogP contribution is 2.35. The van der Waals surface area contributed by atoms with Gasteiger partial charge < -0.3 is 14.4 Å². The highest BCUT2D eigenvalue weighted by atomic mass is 16.5. The predicted molar refractivity (Wildman–Crippen MR) is 83.0 cm³/mol. The first-order valence-electron chi connectivity index (χ1n) is 7.56. The second kappa shape index (κ2) is 6.37. The van der Waals surface area contributed by atoms with E-state index in [0.29, 0.717) is 23.0 Å². The minimum Gasteiger partial charge on any atom is -0.493 e. The fourth-order valence-electron chi connectivity index (χ4n) is 2.44. The molecule has 4 heteroatoms. The maximum Gasteiger partial charge on any atom is 0.253 e. The van der Waals surface area contributed by atoms with Gasteiger partial charge in [0.05, 0.1) is 13.2 Å². The van der Waals surface area contributed by atoms with Crippen LogP contribution in [0.2, 0.25) is 0 Å². The molecule has 0 aliphatic heterocycles. The summed E-state index contributed by atoms with van der Waals surface area (Å²) < 4.78 is 11.0. The van der Waals surface area contributed by atoms with Crippen LogP contribution in [0.4, 0.5) is 0 Å². The van der Waals surface area contributed by atoms with Gasteiger partial charge in [-0.2, -0.15) is 0 Å². The molecule has 2 rings (SSSR count). The van der Waals surface area contributed by atoms with E-state index in [2.05, 4.69) is 6.92 Å². The number of benzene rings is 1. The lowest BCUT2D eigenvalue weighted by molar-refractivity contribution is 0.0727. The van der Waals surface area contributed by atoms with E-state index < -0.39 is 0 Å². The zero-order valence-corrected chi connectivity index (χ0v) is 13.6. The Morgan fingerprint density at radius 1 is 1.24 bits per heavy atom. The monoisotopic (exact) mass is 291 g/mol. The molecule has 21 heavy (non-hydrogen) atoms. The highest BCUT2D eigenvalue weighted by Gasteiger charge is 2.32. The molecule has 1 saturated carbocycles. The largest absolute Gasteiger partial charge is 0.493 e. The van der Waals surface area contributed by atoms with Crippen molar-refractivity contribution in [3.05, 3.63) is 23.8 Å². The average Bonchev–Trinajstić information content (AvgIpc) is 3.29. The van der Waals surface area contributed by atoms with Gasteiger partial charge >= 0.3 is 0 Å². The number of nitrogens with zero attached hydrogens (tertiary/aromatic N) is 1. The van der Waals surface area contributed by atoms with Gasteiger partial charge in [-0.25, -0.2) is 0 Å². The van der Waals surface area contributed by atoms with Gasteiger partial charge in [0.15, 0.2) is 11.5 Å². The van der Waals surface area contributed by atoms with Crippen LogP contribution in [0.15, 0.2) is 18.2 Å². The average molecular weight is 291 g/mol. The van der Waals surface area contributed by atoms with Gasteiger partial charge in [-0.1, -0.05) is 0 Å². The number of amides is 1. The smallest absolute Gasteiger partial charge is 0.253 e. The van der Waals surface area contributed by atoms with Gasteiger partial charge in [0.25, 0.3) is 5.91 Å². The van der Waals surface area contributed by atoms with Crippen molar-refractivity contribution >= 4 is 5.91 Å². The van der Waals surface area contributed by atoms with E-state index in [1.807, 2.05) is 31.9 Å². The minimum atomic E-state index is 0.0313. The third-order valence-electron chi connectivity index (χ3n) is 4.01. The van der Waals surface area contributed by atoms with E-state index in [0.717, 1.165) is 0 Å². The van der Waals surface area contributed by atoms with E-state index in [1.54, 1.807) is 19.2 Å². The maximum atomic E-state index is 12.5. The molecule has 0 N–H and O–H groups in total. The van der Waals surface area contributed by atoms with Gasteiger partial charge in [0.2, 0.25) is 0 Å². The lowest BCUT2D eigenvalue weighted by atomic mass is 10.1. The van der Waals surface area contributed by atoms with Crippen LogP contribution >= 0.6 is 0 Å². The molecule has 0 bridgehead atoms. The summed E-state index contributed by atoms with van der Waals surface area (Å²) >= 11 is 0. The molecule has 1 amide bonds. The molecule has 1 aliphatic carbocycles. The fraction of sp³-hybridized carbons (Fsp3) is 0.588. The molecule has 1 fully saturated rings. The van der Waals surface area contributed by atoms with E-state index in [4.69, 9.17) is 9.47 Å². The summed E-state index contributed by atoms with van der Waals surface area (Å²) in [4.78, 5) is 14.4. The van der Waals surface area contributed by atoms with Crippen molar-refractivity contribution in [1.82, 2.24) is 4.90 Å². The number of carbonyl (C=O) groups is 1. The van der Waals surface area contributed by atoms with Crippen LogP contribution in [-0.2, 0) is 0 Å². The quantitative estimate of drug-likeness (QED) is 0.806. The molecule has 0 heterocycles. The Labute approximate surface area is 127 Å². The van der Waals surface area contributed by atoms with Crippen LogP contribution in [0.3, 0.4) is 0 Å². The number of methoxy groups -OCH3 is 1. The standard InChI is InChI=1S/C17H25NO3/c1-11(2)21-15-9-8-14(10-16(15)20-5)17(19)18(4)12(3)13-6-7-13/h8-13H,6-7H2,1-5H3. The zero-order valence-electron chi connectivity index (χ0n) is 13.6. The van der Waals surface area contributed by atoms with Crippen LogP contribution in [0.5, 0.6) is 11.5 Å². The van der Waals surface area contributed by atoms with E-state index in [-0.39, 0.29) is 18.1 Å². The van der Waals surface area contributed by atoms with Crippen molar-refractivity contribution in [3.63, 3.8) is 0 Å². The first kappa shape index (κ1) is 15.7. The molecule has 4 nitrogen and oxygen atoms in total. The summed E-state index contributed by atoms with van der Waals surface area (Å²) in [5.74, 6) is 1.96. The molecule has 0 aromatic heterocycles. The second-order valence-corrected chi connectivity index (χ2v) is 6.03. The molecule has 116 valence electrons. The van der Waals surface area contributed by atoms with Gasteiger partial charge in [0, 0.05) is 18.7 Å². The van der Waals surface area contributed by atoms with Crippen molar-refractivity contribution in [2.24, 2.45) is 5.92 Å². The minimum absolute atomic E-state index is 0.0313. The Balaban J connectivity index is 2.17. The Morgan fingerprint density at radius 3 is 2.43 bits per heavy atom. The lowest BCUT2D eigenvalue weighted by Gasteiger charge is -2.25. The Bertz CT molecular complexity index is 509. The Kier molecular flexibility index (Phi) is 4.76. The summed E-state index contributed by atoms with van der Waals surface area (Å²) in [6.07, 6.45) is 2.52. The van der Waals surface area contributed by atoms with Crippen LogP contribution < -0.4 is 9.47 Å². The summed E-state index contributed by atoms with van der Waals surface area (Å²) in [5, 5.41) is 0. The molecule has 0 saturated heterocycles. The van der Waals surface area contributed by atoms with E-state index >= 15 is 0 Å². The van der Waals surface area contributed by atoms with Gasteiger partial charge in [-0.05, 0) is 57.7 Å². The van der Waals surface area contributed by atoms with Crippen molar-refractivity contribution in [1.29, 1.82) is 0 Å². The van der Waals surface area contributed by atoms with Crippen LogP contribution in [0.25, 0.3) is 0 Å². The molecule has 0 spiro atoms. The zero-order chi connectivity index (χ0) is 15.6. The summed E-state index contributed by atoms with van der Waals surface area (Å²) in [6.45, 7) is 6.04. The fourth-order valence-corrected chi connectivity index (χ4v) is 2.44. The van der Waals surface area contributed by atoms with Crippen LogP contribution in [-0.4, -0.2) is 37.1 Å². The summed E-state index contributed by atoms with van der Waals surface area (Å²) in [7, 11) is 3.46. The van der Waals surface area contributed by atoms with E-state index in [9.17, 15) is 4.79 Å². The maximum absolute atomic E-state index is 12.5. The molecule has 1 aliphatic rings. The van der Waals surface area contributed by atoms with Crippen molar-refractivity contribution in [2.75, 3.05) is 14.2 Å². The van der Waals surface area contributed by atoms with Crippen molar-refractivity contribution in [3.8, 4) is 11.5 Å². The van der Waals surface area contributed by atoms with Gasteiger partial charge in [0.1, 0.15) is 0 Å². The van der Waals surface area contributed by atoms with Gasteiger partial charge in [-0.15, -0.1) is 0 Å². The second-order valence-electron chi connectivity index (χ2n) is 6.03. The molecule has 1 unspecified atom stereocenters. The van der Waals surface area contributed by atoms with Crippen LogP contribution in [0, 0.1) is 5.92 Å². The normalized spacial score (nSPS) is 15.7. The molecule has 1 aromatic rings. The van der Waals surface area contributed by atoms with Crippen molar-refractivity contribution in [2.45, 2.75) is 45.8 Å². The Morgan fingerprint density at radius 2 is 1.90 bits per heavy atom. The number of hydrogen-bond donors (Lipinski definition) is 0. The first-order chi connectivity index (χ1) is 9.93. The molecule has 1 aromatic carbocycles. The number of hydrogen-bond acceptors (Lipinski definition) is 3. The lowest BCUT2D eigenvalue weighted by Crippen LogP contribution is -2.36. The molecule has 1 atom stereocenters.